The van der Waals surface area contributed by atoms with Crippen LogP contribution < -0.4 is 5.32 Å². The van der Waals surface area contributed by atoms with Crippen LogP contribution in [0.1, 0.15) is 22.8 Å². The first-order valence-corrected chi connectivity index (χ1v) is 6.78. The summed E-state index contributed by atoms with van der Waals surface area (Å²) in [6.07, 6.45) is 0. The van der Waals surface area contributed by atoms with Crippen LogP contribution in [0.5, 0.6) is 0 Å². The zero-order valence-corrected chi connectivity index (χ0v) is 12.3. The number of hydrogen-bond acceptors (Lipinski definition) is 6. The molecule has 0 aliphatic rings. The minimum absolute atomic E-state index is 0.197. The van der Waals surface area contributed by atoms with Gasteiger partial charge in [-0.1, -0.05) is 6.07 Å². The molecule has 1 N–H and O–H groups in total. The first-order valence-electron chi connectivity index (χ1n) is 6.78. The summed E-state index contributed by atoms with van der Waals surface area (Å²) in [5, 5.41) is 22.8. The smallest absolute Gasteiger partial charge is 0.338 e. The third-order valence-electron chi connectivity index (χ3n) is 2.98. The number of carbonyl (C=O) groups is 1. The molecule has 0 aromatic heterocycles. The molecule has 0 aliphatic carbocycles. The molecular weight excluding hydrogens is 298 g/mol. The Hall–Kier alpha value is -3.40. The molecule has 23 heavy (non-hydrogen) atoms. The molecule has 0 saturated carbocycles. The Bertz CT molecular complexity index is 796. The summed E-state index contributed by atoms with van der Waals surface area (Å²) >= 11 is 0. The van der Waals surface area contributed by atoms with Crippen LogP contribution in [0.15, 0.2) is 42.5 Å². The number of esters is 1. The maximum absolute atomic E-state index is 11.7. The Morgan fingerprint density at radius 3 is 2.78 bits per heavy atom. The molecule has 0 fully saturated rings. The van der Waals surface area contributed by atoms with E-state index in [4.69, 9.17) is 10.00 Å². The Morgan fingerprint density at radius 1 is 1.35 bits per heavy atom. The van der Waals surface area contributed by atoms with Gasteiger partial charge in [-0.3, -0.25) is 10.1 Å². The number of hydrogen-bond donors (Lipinski definition) is 1. The average Bonchev–Trinajstić information content (AvgIpc) is 2.55. The molecule has 2 aromatic rings. The molecular formula is C16H13N3O4. The molecule has 0 bridgehead atoms. The molecule has 0 amide bonds. The lowest BCUT2D eigenvalue weighted by molar-refractivity contribution is -0.383. The molecule has 7 nitrogen and oxygen atoms in total. The Labute approximate surface area is 132 Å². The molecule has 0 spiro atoms. The fourth-order valence-electron chi connectivity index (χ4n) is 1.95. The van der Waals surface area contributed by atoms with E-state index in [1.54, 1.807) is 31.2 Å². The van der Waals surface area contributed by atoms with Crippen molar-refractivity contribution in [3.05, 3.63) is 63.7 Å². The van der Waals surface area contributed by atoms with Crippen LogP contribution >= 0.6 is 0 Å². The van der Waals surface area contributed by atoms with Crippen LogP contribution in [-0.2, 0) is 4.74 Å². The van der Waals surface area contributed by atoms with Crippen molar-refractivity contribution in [3.63, 3.8) is 0 Å². The maximum atomic E-state index is 11.7. The quantitative estimate of drug-likeness (QED) is 0.515. The van der Waals surface area contributed by atoms with E-state index >= 15 is 0 Å². The topological polar surface area (TPSA) is 105 Å². The maximum Gasteiger partial charge on any atom is 0.338 e. The number of carbonyl (C=O) groups excluding carboxylic acids is 1. The SMILES string of the molecule is CCOC(=O)c1cccc(Nc2ccc(C#N)cc2[N+](=O)[O-])c1. The number of benzene rings is 2. The normalized spacial score (nSPS) is 9.74. The van der Waals surface area contributed by atoms with Crippen molar-refractivity contribution in [2.45, 2.75) is 6.92 Å². The molecule has 0 aliphatic heterocycles. The van der Waals surface area contributed by atoms with Crippen molar-refractivity contribution >= 4 is 23.0 Å². The minimum atomic E-state index is -0.571. The number of nitrogens with one attached hydrogen (secondary N) is 1. The number of nitriles is 1. The standard InChI is InChI=1S/C16H13N3O4/c1-2-23-16(20)12-4-3-5-13(9-12)18-14-7-6-11(10-17)8-15(14)19(21)22/h3-9,18H,2H2,1H3. The van der Waals surface area contributed by atoms with Crippen molar-refractivity contribution < 1.29 is 14.5 Å². The van der Waals surface area contributed by atoms with E-state index in [1.807, 2.05) is 6.07 Å². The zero-order valence-electron chi connectivity index (χ0n) is 12.3. The van der Waals surface area contributed by atoms with Crippen molar-refractivity contribution in [2.75, 3.05) is 11.9 Å². The van der Waals surface area contributed by atoms with Gasteiger partial charge in [0.05, 0.1) is 28.7 Å². The summed E-state index contributed by atoms with van der Waals surface area (Å²) in [4.78, 5) is 22.3. The van der Waals surface area contributed by atoms with Crippen molar-refractivity contribution in [1.29, 1.82) is 5.26 Å². The van der Waals surface area contributed by atoms with Crippen LogP contribution in [-0.4, -0.2) is 17.5 Å². The summed E-state index contributed by atoms with van der Waals surface area (Å²) in [7, 11) is 0. The summed E-state index contributed by atoms with van der Waals surface area (Å²) in [6, 6.07) is 12.4. The molecule has 2 rings (SSSR count). The largest absolute Gasteiger partial charge is 0.462 e. The molecule has 0 heterocycles. The van der Waals surface area contributed by atoms with Crippen LogP contribution in [0.3, 0.4) is 0 Å². The highest BCUT2D eigenvalue weighted by Gasteiger charge is 2.15. The average molecular weight is 311 g/mol. The van der Waals surface area contributed by atoms with Gasteiger partial charge >= 0.3 is 5.97 Å². The first-order chi connectivity index (χ1) is 11.0. The predicted octanol–water partition coefficient (Wildman–Crippen LogP) is 3.39. The third-order valence-corrected chi connectivity index (χ3v) is 2.98. The van der Waals surface area contributed by atoms with Crippen LogP contribution in [0, 0.1) is 21.4 Å². The van der Waals surface area contributed by atoms with Gasteiger partial charge in [-0.25, -0.2) is 4.79 Å². The number of nitro benzene ring substituents is 1. The minimum Gasteiger partial charge on any atom is -0.462 e. The van der Waals surface area contributed by atoms with Crippen LogP contribution in [0.2, 0.25) is 0 Å². The van der Waals surface area contributed by atoms with Gasteiger partial charge in [0.15, 0.2) is 0 Å². The highest BCUT2D eigenvalue weighted by Crippen LogP contribution is 2.28. The fourth-order valence-corrected chi connectivity index (χ4v) is 1.95. The van der Waals surface area contributed by atoms with E-state index in [0.717, 1.165) is 0 Å². The number of rotatable bonds is 5. The third kappa shape index (κ3) is 3.83. The lowest BCUT2D eigenvalue weighted by Gasteiger charge is -2.09. The predicted molar refractivity (Wildman–Crippen MR) is 83.5 cm³/mol. The molecule has 2 aromatic carbocycles. The lowest BCUT2D eigenvalue weighted by Crippen LogP contribution is -2.05. The van der Waals surface area contributed by atoms with Crippen molar-refractivity contribution in [3.8, 4) is 6.07 Å². The summed E-state index contributed by atoms with van der Waals surface area (Å²) in [6.45, 7) is 1.97. The van der Waals surface area contributed by atoms with Gasteiger partial charge in [0, 0.05) is 11.8 Å². The number of anilines is 2. The Kier molecular flexibility index (Phi) is 4.89. The first kappa shape index (κ1) is 16.0. The second kappa shape index (κ2) is 7.04. The van der Waals surface area contributed by atoms with Gasteiger partial charge in [0.25, 0.3) is 5.69 Å². The van der Waals surface area contributed by atoms with E-state index in [2.05, 4.69) is 5.32 Å². The van der Waals surface area contributed by atoms with Gasteiger partial charge in [0.2, 0.25) is 0 Å². The molecule has 0 unspecified atom stereocenters. The molecule has 0 atom stereocenters. The number of ether oxygens (including phenoxy) is 1. The van der Waals surface area contributed by atoms with Crippen molar-refractivity contribution in [2.24, 2.45) is 0 Å². The fraction of sp³-hybridized carbons (Fsp3) is 0.125. The molecule has 0 saturated heterocycles. The van der Waals surface area contributed by atoms with E-state index in [0.29, 0.717) is 11.3 Å². The molecule has 116 valence electrons. The second-order valence-electron chi connectivity index (χ2n) is 4.53. The summed E-state index contributed by atoms with van der Waals surface area (Å²) < 4.78 is 4.91. The van der Waals surface area contributed by atoms with Gasteiger partial charge in [-0.15, -0.1) is 0 Å². The second-order valence-corrected chi connectivity index (χ2v) is 4.53. The van der Waals surface area contributed by atoms with Gasteiger partial charge in [0.1, 0.15) is 5.69 Å². The summed E-state index contributed by atoms with van der Waals surface area (Å²) in [5.41, 5.74) is 1.06. The van der Waals surface area contributed by atoms with E-state index < -0.39 is 10.9 Å². The molecule has 7 heteroatoms. The number of nitro groups is 1. The Balaban J connectivity index is 2.33. The van der Waals surface area contributed by atoms with Gasteiger partial charge in [-0.2, -0.15) is 5.26 Å². The van der Waals surface area contributed by atoms with Crippen molar-refractivity contribution in [1.82, 2.24) is 0 Å². The van der Waals surface area contributed by atoms with E-state index in [9.17, 15) is 14.9 Å². The van der Waals surface area contributed by atoms with Crippen LogP contribution in [0.25, 0.3) is 0 Å². The number of nitrogens with zero attached hydrogens (tertiary/aromatic N) is 2. The monoisotopic (exact) mass is 311 g/mol. The van der Waals surface area contributed by atoms with Gasteiger partial charge in [-0.05, 0) is 37.3 Å². The zero-order chi connectivity index (χ0) is 16.8. The molecule has 0 radical (unpaired) electrons. The van der Waals surface area contributed by atoms with E-state index in [-0.39, 0.29) is 23.5 Å². The lowest BCUT2D eigenvalue weighted by atomic mass is 10.1. The Morgan fingerprint density at radius 2 is 2.13 bits per heavy atom. The van der Waals surface area contributed by atoms with E-state index in [1.165, 1.54) is 18.2 Å². The van der Waals surface area contributed by atoms with Crippen LogP contribution in [0.4, 0.5) is 17.1 Å². The summed E-state index contributed by atoms with van der Waals surface area (Å²) in [5.74, 6) is -0.467. The highest BCUT2D eigenvalue weighted by molar-refractivity contribution is 5.91. The highest BCUT2D eigenvalue weighted by atomic mass is 16.6. The van der Waals surface area contributed by atoms with Gasteiger partial charge < -0.3 is 10.1 Å².